The molecule has 1 rings (SSSR count). The molecule has 0 radical (unpaired) electrons. The molecule has 1 aromatic rings. The number of carbonyl (C=O) groups is 2. The second-order valence-electron chi connectivity index (χ2n) is 5.39. The molecule has 0 aliphatic heterocycles. The van der Waals surface area contributed by atoms with Gasteiger partial charge in [0.15, 0.2) is 0 Å². The molecule has 110 valence electrons. The minimum Gasteiger partial charge on any atom is -0.459 e. The second-order valence-corrected chi connectivity index (χ2v) is 6.37. The van der Waals surface area contributed by atoms with Crippen LogP contribution in [0.4, 0.5) is 4.39 Å². The van der Waals surface area contributed by atoms with Crippen LogP contribution in [-0.4, -0.2) is 28.9 Å². The van der Waals surface area contributed by atoms with Crippen molar-refractivity contribution in [2.75, 3.05) is 11.5 Å². The van der Waals surface area contributed by atoms with Crippen LogP contribution in [0.2, 0.25) is 0 Å². The number of thioether (sulfide) groups is 1. The van der Waals surface area contributed by atoms with E-state index in [0.29, 0.717) is 5.56 Å². The van der Waals surface area contributed by atoms with Crippen molar-refractivity contribution >= 4 is 23.5 Å². The molecule has 20 heavy (non-hydrogen) atoms. The fourth-order valence-corrected chi connectivity index (χ4v) is 2.18. The number of carbonyl (C=O) groups excluding carboxylic acids is 2. The Balaban J connectivity index is 2.31. The molecule has 0 saturated heterocycles. The molecule has 0 aliphatic carbocycles. The fourth-order valence-electron chi connectivity index (χ4n) is 1.52. The number of rotatable bonds is 6. The molecule has 0 N–H and O–H groups in total. The summed E-state index contributed by atoms with van der Waals surface area (Å²) in [6.07, 6.45) is 0.0496. The molecule has 0 unspecified atom stereocenters. The Morgan fingerprint density at radius 2 is 1.85 bits per heavy atom. The van der Waals surface area contributed by atoms with E-state index in [-0.39, 0.29) is 35.5 Å². The third-order valence-electron chi connectivity index (χ3n) is 2.25. The molecule has 3 nitrogen and oxygen atoms in total. The average Bonchev–Trinajstić information content (AvgIpc) is 2.29. The first-order valence-corrected chi connectivity index (χ1v) is 7.48. The van der Waals surface area contributed by atoms with Gasteiger partial charge in [-0.15, -0.1) is 11.8 Å². The molecule has 0 saturated carbocycles. The molecule has 0 aliphatic rings. The van der Waals surface area contributed by atoms with E-state index < -0.39 is 5.60 Å². The summed E-state index contributed by atoms with van der Waals surface area (Å²) in [6.45, 7) is 5.37. The van der Waals surface area contributed by atoms with E-state index in [9.17, 15) is 14.0 Å². The van der Waals surface area contributed by atoms with Gasteiger partial charge in [-0.3, -0.25) is 9.59 Å². The molecule has 0 atom stereocenters. The van der Waals surface area contributed by atoms with Gasteiger partial charge >= 0.3 is 5.97 Å². The summed E-state index contributed by atoms with van der Waals surface area (Å²) >= 11 is 1.19. The zero-order chi connectivity index (χ0) is 15.2. The lowest BCUT2D eigenvalue weighted by molar-refractivity contribution is -0.151. The molecule has 0 fully saturated rings. The minimum absolute atomic E-state index is 0.0496. The van der Waals surface area contributed by atoms with Crippen molar-refractivity contribution in [3.63, 3.8) is 0 Å². The Bertz CT molecular complexity index is 480. The number of hydrogen-bond donors (Lipinski definition) is 0. The van der Waals surface area contributed by atoms with Crippen LogP contribution in [-0.2, 0) is 20.7 Å². The van der Waals surface area contributed by atoms with Gasteiger partial charge in [-0.25, -0.2) is 4.39 Å². The first-order valence-electron chi connectivity index (χ1n) is 6.32. The molecule has 0 bridgehead atoms. The summed E-state index contributed by atoms with van der Waals surface area (Å²) < 4.78 is 18.5. The summed E-state index contributed by atoms with van der Waals surface area (Å²) in [4.78, 5) is 23.1. The Morgan fingerprint density at radius 1 is 1.20 bits per heavy atom. The van der Waals surface area contributed by atoms with Gasteiger partial charge in [-0.05, 0) is 32.4 Å². The van der Waals surface area contributed by atoms with Crippen molar-refractivity contribution < 1.29 is 18.7 Å². The average molecular weight is 298 g/mol. The van der Waals surface area contributed by atoms with Crippen molar-refractivity contribution in [2.24, 2.45) is 0 Å². The largest absolute Gasteiger partial charge is 0.459 e. The Hall–Kier alpha value is -1.36. The van der Waals surface area contributed by atoms with Crippen molar-refractivity contribution in [2.45, 2.75) is 32.8 Å². The molecular formula is C15H19FO3S. The Labute approximate surface area is 122 Å². The van der Waals surface area contributed by atoms with Crippen molar-refractivity contribution in [3.8, 4) is 0 Å². The van der Waals surface area contributed by atoms with Crippen LogP contribution in [0.5, 0.6) is 0 Å². The normalized spacial score (nSPS) is 11.2. The van der Waals surface area contributed by atoms with Crippen LogP contribution in [0.1, 0.15) is 26.3 Å². The monoisotopic (exact) mass is 298 g/mol. The second kappa shape index (κ2) is 7.43. The predicted octanol–water partition coefficient (Wildman–Crippen LogP) is 3.01. The number of ketones is 1. The molecule has 5 heteroatoms. The number of Topliss-reactive ketones (excluding diaryl/α,β-unsaturated/α-hetero) is 1. The van der Waals surface area contributed by atoms with Crippen LogP contribution in [0.15, 0.2) is 24.3 Å². The highest BCUT2D eigenvalue weighted by Crippen LogP contribution is 2.12. The van der Waals surface area contributed by atoms with Gasteiger partial charge in [0.1, 0.15) is 17.2 Å². The van der Waals surface area contributed by atoms with Crippen molar-refractivity contribution in [3.05, 3.63) is 35.6 Å². The van der Waals surface area contributed by atoms with Gasteiger partial charge in [0, 0.05) is 6.42 Å². The molecular weight excluding hydrogens is 279 g/mol. The first kappa shape index (κ1) is 16.7. The molecule has 0 spiro atoms. The maximum atomic E-state index is 13.4. The highest BCUT2D eigenvalue weighted by Gasteiger charge is 2.16. The lowest BCUT2D eigenvalue weighted by atomic mass is 10.1. The first-order chi connectivity index (χ1) is 9.28. The number of esters is 1. The van der Waals surface area contributed by atoms with Crippen molar-refractivity contribution in [1.29, 1.82) is 0 Å². The van der Waals surface area contributed by atoms with Crippen LogP contribution < -0.4 is 0 Å². The molecule has 1 aromatic carbocycles. The minimum atomic E-state index is -0.519. The number of ether oxygens (including phenoxy) is 1. The van der Waals surface area contributed by atoms with Crippen LogP contribution in [0.3, 0.4) is 0 Å². The zero-order valence-corrected chi connectivity index (χ0v) is 12.8. The lowest BCUT2D eigenvalue weighted by Gasteiger charge is -2.19. The number of hydrogen-bond acceptors (Lipinski definition) is 4. The van der Waals surface area contributed by atoms with E-state index in [0.717, 1.165) is 0 Å². The third-order valence-corrected chi connectivity index (χ3v) is 3.21. The standard InChI is InChI=1S/C15H19FO3S/c1-15(2,3)19-14(18)10-20-9-12(17)8-11-6-4-5-7-13(11)16/h4-7H,8-10H2,1-3H3. The summed E-state index contributed by atoms with van der Waals surface area (Å²) in [5, 5.41) is 0. The van der Waals surface area contributed by atoms with Crippen LogP contribution >= 0.6 is 11.8 Å². The Morgan fingerprint density at radius 3 is 2.45 bits per heavy atom. The van der Waals surface area contributed by atoms with E-state index >= 15 is 0 Å². The molecule has 0 heterocycles. The summed E-state index contributed by atoms with van der Waals surface area (Å²) in [5.41, 5.74) is -0.134. The number of benzene rings is 1. The lowest BCUT2D eigenvalue weighted by Crippen LogP contribution is -2.25. The Kier molecular flexibility index (Phi) is 6.20. The van der Waals surface area contributed by atoms with Gasteiger partial charge in [0.05, 0.1) is 11.5 Å². The third kappa shape index (κ3) is 6.70. The highest BCUT2D eigenvalue weighted by molar-refractivity contribution is 8.00. The van der Waals surface area contributed by atoms with Gasteiger partial charge < -0.3 is 4.74 Å². The van der Waals surface area contributed by atoms with Crippen LogP contribution in [0, 0.1) is 5.82 Å². The van der Waals surface area contributed by atoms with Crippen molar-refractivity contribution in [1.82, 2.24) is 0 Å². The zero-order valence-electron chi connectivity index (χ0n) is 11.9. The topological polar surface area (TPSA) is 43.4 Å². The van der Waals surface area contributed by atoms with E-state index in [1.165, 1.54) is 17.8 Å². The fraction of sp³-hybridized carbons (Fsp3) is 0.467. The van der Waals surface area contributed by atoms with Gasteiger partial charge in [-0.1, -0.05) is 18.2 Å². The number of halogens is 1. The highest BCUT2D eigenvalue weighted by atomic mass is 32.2. The smallest absolute Gasteiger partial charge is 0.316 e. The van der Waals surface area contributed by atoms with E-state index in [1.807, 2.05) is 0 Å². The van der Waals surface area contributed by atoms with E-state index in [4.69, 9.17) is 4.74 Å². The maximum Gasteiger partial charge on any atom is 0.316 e. The SMILES string of the molecule is CC(C)(C)OC(=O)CSCC(=O)Cc1ccccc1F. The molecule has 0 aromatic heterocycles. The summed E-state index contributed by atoms with van der Waals surface area (Å²) in [5.74, 6) is -0.531. The maximum absolute atomic E-state index is 13.4. The molecule has 0 amide bonds. The van der Waals surface area contributed by atoms with Gasteiger partial charge in [0.2, 0.25) is 0 Å². The van der Waals surface area contributed by atoms with Gasteiger partial charge in [0.25, 0.3) is 0 Å². The summed E-state index contributed by atoms with van der Waals surface area (Å²) in [7, 11) is 0. The van der Waals surface area contributed by atoms with Crippen LogP contribution in [0.25, 0.3) is 0 Å². The van der Waals surface area contributed by atoms with Gasteiger partial charge in [-0.2, -0.15) is 0 Å². The van der Waals surface area contributed by atoms with E-state index in [1.54, 1.807) is 39.0 Å². The predicted molar refractivity (Wildman–Crippen MR) is 78.3 cm³/mol. The quantitative estimate of drug-likeness (QED) is 0.757. The van der Waals surface area contributed by atoms with E-state index in [2.05, 4.69) is 0 Å². The summed E-state index contributed by atoms with van der Waals surface area (Å²) in [6, 6.07) is 6.20.